The first-order valence-corrected chi connectivity index (χ1v) is 14.3. The summed E-state index contributed by atoms with van der Waals surface area (Å²) >= 11 is 1.46. The second-order valence-electron chi connectivity index (χ2n) is 10.0. The second-order valence-corrected chi connectivity index (χ2v) is 11.2. The van der Waals surface area contributed by atoms with Crippen LogP contribution in [-0.4, -0.2) is 39.7 Å². The smallest absolute Gasteiger partial charge is 0.269 e. The number of epoxide rings is 1. The Morgan fingerprint density at radius 2 is 1.64 bits per heavy atom. The third-order valence-electron chi connectivity index (χ3n) is 7.01. The standard InChI is InChI=1S/C32H23FN4O6S/c33-21-9-5-19(6-10-21)18-36(32(40)30-29(43-30)31(39)34-22-11-15-24(16-12-22)37(41)42)23-13-7-20(8-14-23)26(38)17-28-35-25-3-1-2-4-27(25)44-28/h1-16,29-30H,17-18H2,(H,34,39)/t29-,30-/m0/s1. The van der Waals surface area contributed by atoms with Crippen molar-refractivity contribution in [3.05, 3.63) is 129 Å². The summed E-state index contributed by atoms with van der Waals surface area (Å²) in [5.41, 5.74) is 2.58. The zero-order valence-corrected chi connectivity index (χ0v) is 23.7. The Morgan fingerprint density at radius 1 is 0.932 bits per heavy atom. The Bertz CT molecular complexity index is 1840. The first-order valence-electron chi connectivity index (χ1n) is 13.5. The number of amides is 2. The van der Waals surface area contributed by atoms with Crippen LogP contribution in [0.3, 0.4) is 0 Å². The van der Waals surface area contributed by atoms with Crippen LogP contribution in [0.1, 0.15) is 20.9 Å². The predicted molar refractivity (Wildman–Crippen MR) is 162 cm³/mol. The van der Waals surface area contributed by atoms with Crippen molar-refractivity contribution in [2.45, 2.75) is 25.2 Å². The van der Waals surface area contributed by atoms with Gasteiger partial charge in [0, 0.05) is 29.1 Å². The molecule has 2 amide bonds. The number of nitro benzene ring substituents is 1. The van der Waals surface area contributed by atoms with Crippen LogP contribution in [-0.2, 0) is 27.3 Å². The lowest BCUT2D eigenvalue weighted by molar-refractivity contribution is -0.384. The van der Waals surface area contributed by atoms with Gasteiger partial charge < -0.3 is 15.0 Å². The number of rotatable bonds is 10. The highest BCUT2D eigenvalue weighted by Crippen LogP contribution is 2.30. The van der Waals surface area contributed by atoms with Gasteiger partial charge in [0.1, 0.15) is 10.8 Å². The molecular formula is C32H23FN4O6S. The molecule has 1 saturated heterocycles. The number of hydrogen-bond donors (Lipinski definition) is 1. The van der Waals surface area contributed by atoms with Crippen LogP contribution in [0.4, 0.5) is 21.5 Å². The molecule has 2 atom stereocenters. The molecule has 6 rings (SSSR count). The lowest BCUT2D eigenvalue weighted by Crippen LogP contribution is -2.36. The molecule has 2 heterocycles. The molecule has 10 nitrogen and oxygen atoms in total. The molecule has 1 fully saturated rings. The van der Waals surface area contributed by atoms with Crippen molar-refractivity contribution in [1.29, 1.82) is 0 Å². The van der Waals surface area contributed by atoms with E-state index in [1.54, 1.807) is 36.4 Å². The van der Waals surface area contributed by atoms with Crippen molar-refractivity contribution in [3.8, 4) is 0 Å². The number of thiazole rings is 1. The molecule has 0 unspecified atom stereocenters. The van der Waals surface area contributed by atoms with Gasteiger partial charge in [0.15, 0.2) is 18.0 Å². The predicted octanol–water partition coefficient (Wildman–Crippen LogP) is 5.71. The molecule has 1 aliphatic heterocycles. The maximum atomic E-state index is 13.6. The SMILES string of the molecule is O=C(Cc1nc2ccccc2s1)c1ccc(N(Cc2ccc(F)cc2)C(=O)[C@H]2O[C@@H]2C(=O)Nc2ccc([N+](=O)[O-])cc2)cc1. The highest BCUT2D eigenvalue weighted by Gasteiger charge is 2.52. The van der Waals surface area contributed by atoms with Crippen LogP contribution in [0.25, 0.3) is 10.2 Å². The summed E-state index contributed by atoms with van der Waals surface area (Å²) in [4.78, 5) is 55.7. The van der Waals surface area contributed by atoms with Gasteiger partial charge in [0.2, 0.25) is 0 Å². The van der Waals surface area contributed by atoms with Gasteiger partial charge in [0.05, 0.1) is 28.1 Å². The maximum absolute atomic E-state index is 13.6. The number of Topliss-reactive ketones (excluding diaryl/α,β-unsaturated/α-hetero) is 1. The number of carbonyl (C=O) groups is 3. The Kier molecular flexibility index (Phi) is 7.92. The summed E-state index contributed by atoms with van der Waals surface area (Å²) in [6.07, 6.45) is -2.00. The van der Waals surface area contributed by atoms with E-state index in [4.69, 9.17) is 4.74 Å². The van der Waals surface area contributed by atoms with Crippen molar-refractivity contribution in [3.63, 3.8) is 0 Å². The summed E-state index contributed by atoms with van der Waals surface area (Å²) < 4.78 is 20.0. The fraction of sp³-hybridized carbons (Fsp3) is 0.125. The third-order valence-corrected chi connectivity index (χ3v) is 8.05. The Hall–Kier alpha value is -5.33. The number of ketones is 1. The Labute approximate surface area is 253 Å². The van der Waals surface area contributed by atoms with E-state index in [2.05, 4.69) is 10.3 Å². The molecule has 1 aliphatic rings. The molecular weight excluding hydrogens is 587 g/mol. The fourth-order valence-corrected chi connectivity index (χ4v) is 5.63. The number of benzene rings is 4. The van der Waals surface area contributed by atoms with Gasteiger partial charge in [0.25, 0.3) is 17.5 Å². The average Bonchev–Trinajstić information content (AvgIpc) is 3.73. The minimum Gasteiger partial charge on any atom is -0.349 e. The van der Waals surface area contributed by atoms with Crippen molar-refractivity contribution in [1.82, 2.24) is 4.98 Å². The molecule has 44 heavy (non-hydrogen) atoms. The van der Waals surface area contributed by atoms with Crippen molar-refractivity contribution in [2.24, 2.45) is 0 Å². The summed E-state index contributed by atoms with van der Waals surface area (Å²) in [6, 6.07) is 25.2. The Morgan fingerprint density at radius 3 is 2.32 bits per heavy atom. The highest BCUT2D eigenvalue weighted by atomic mass is 32.1. The lowest BCUT2D eigenvalue weighted by Gasteiger charge is -2.23. The van der Waals surface area contributed by atoms with E-state index in [0.717, 1.165) is 10.2 Å². The number of nitro groups is 1. The average molecular weight is 611 g/mol. The van der Waals surface area contributed by atoms with Gasteiger partial charge >= 0.3 is 0 Å². The molecule has 0 aliphatic carbocycles. The number of fused-ring (bicyclic) bond motifs is 1. The van der Waals surface area contributed by atoms with Crippen molar-refractivity contribution >= 4 is 56.2 Å². The number of ether oxygens (including phenoxy) is 1. The number of carbonyl (C=O) groups excluding carboxylic acids is 3. The van der Waals surface area contributed by atoms with Gasteiger partial charge in [-0.3, -0.25) is 24.5 Å². The van der Waals surface area contributed by atoms with Gasteiger partial charge in [-0.2, -0.15) is 0 Å². The van der Waals surface area contributed by atoms with Gasteiger partial charge in [-0.25, -0.2) is 9.37 Å². The molecule has 5 aromatic rings. The second kappa shape index (κ2) is 12.1. The van der Waals surface area contributed by atoms with E-state index in [1.807, 2.05) is 24.3 Å². The zero-order valence-electron chi connectivity index (χ0n) is 22.9. The molecule has 220 valence electrons. The van der Waals surface area contributed by atoms with E-state index in [-0.39, 0.29) is 24.4 Å². The quantitative estimate of drug-likeness (QED) is 0.0926. The molecule has 0 saturated carbocycles. The normalized spacial score (nSPS) is 15.5. The zero-order chi connectivity index (χ0) is 30.8. The molecule has 0 spiro atoms. The molecule has 1 aromatic heterocycles. The van der Waals surface area contributed by atoms with E-state index in [0.29, 0.717) is 27.5 Å². The number of non-ortho nitro benzene ring substituents is 1. The number of nitrogens with zero attached hydrogens (tertiary/aromatic N) is 3. The number of para-hydroxylation sites is 1. The van der Waals surface area contributed by atoms with Gasteiger partial charge in [-0.1, -0.05) is 24.3 Å². The summed E-state index contributed by atoms with van der Waals surface area (Å²) in [5.74, 6) is -1.61. The van der Waals surface area contributed by atoms with Crippen molar-refractivity contribution < 1.29 is 28.4 Å². The molecule has 0 radical (unpaired) electrons. The Balaban J connectivity index is 1.17. The van der Waals surface area contributed by atoms with Crippen LogP contribution in [0.2, 0.25) is 0 Å². The molecule has 0 bridgehead atoms. The maximum Gasteiger partial charge on any atom is 0.269 e. The summed E-state index contributed by atoms with van der Waals surface area (Å²) in [7, 11) is 0. The first-order chi connectivity index (χ1) is 21.2. The number of anilines is 2. The fourth-order valence-electron chi connectivity index (χ4n) is 4.66. The lowest BCUT2D eigenvalue weighted by atomic mass is 10.1. The van der Waals surface area contributed by atoms with Crippen LogP contribution < -0.4 is 10.2 Å². The van der Waals surface area contributed by atoms with E-state index < -0.39 is 34.8 Å². The van der Waals surface area contributed by atoms with Crippen LogP contribution in [0.5, 0.6) is 0 Å². The third kappa shape index (κ3) is 6.36. The minimum atomic E-state index is -1.08. The molecule has 4 aromatic carbocycles. The monoisotopic (exact) mass is 610 g/mol. The van der Waals surface area contributed by atoms with Gasteiger partial charge in [-0.15, -0.1) is 11.3 Å². The number of halogens is 1. The van der Waals surface area contributed by atoms with E-state index in [9.17, 15) is 28.9 Å². The number of aromatic nitrogens is 1. The summed E-state index contributed by atoms with van der Waals surface area (Å²) in [5, 5.41) is 14.2. The van der Waals surface area contributed by atoms with Crippen LogP contribution >= 0.6 is 11.3 Å². The highest BCUT2D eigenvalue weighted by molar-refractivity contribution is 7.18. The van der Waals surface area contributed by atoms with E-state index >= 15 is 0 Å². The van der Waals surface area contributed by atoms with Crippen LogP contribution in [0, 0.1) is 15.9 Å². The van der Waals surface area contributed by atoms with Crippen molar-refractivity contribution in [2.75, 3.05) is 10.2 Å². The van der Waals surface area contributed by atoms with Gasteiger partial charge in [-0.05, 0) is 66.2 Å². The minimum absolute atomic E-state index is 0.0641. The number of hydrogen-bond acceptors (Lipinski definition) is 8. The first kappa shape index (κ1) is 28.8. The number of nitrogens with one attached hydrogen (secondary N) is 1. The molecule has 12 heteroatoms. The van der Waals surface area contributed by atoms with E-state index in [1.165, 1.54) is 52.6 Å². The summed E-state index contributed by atoms with van der Waals surface area (Å²) in [6.45, 7) is 0.0641. The van der Waals surface area contributed by atoms with Crippen LogP contribution in [0.15, 0.2) is 97.1 Å². The largest absolute Gasteiger partial charge is 0.349 e. The topological polar surface area (TPSA) is 135 Å². The molecule has 1 N–H and O–H groups in total.